The molecule has 0 aliphatic carbocycles. The van der Waals surface area contributed by atoms with Gasteiger partial charge in [-0.15, -0.1) is 0 Å². The Balaban J connectivity index is 1.75. The van der Waals surface area contributed by atoms with Crippen molar-refractivity contribution in [3.63, 3.8) is 0 Å². The van der Waals surface area contributed by atoms with Gasteiger partial charge in [0.2, 0.25) is 10.0 Å². The van der Waals surface area contributed by atoms with Gasteiger partial charge in [0.05, 0.1) is 36.3 Å². The fourth-order valence-corrected chi connectivity index (χ4v) is 5.60. The predicted molar refractivity (Wildman–Crippen MR) is 147 cm³/mol. The third-order valence-corrected chi connectivity index (χ3v) is 7.75. The van der Waals surface area contributed by atoms with Crippen LogP contribution in [-0.2, 0) is 32.9 Å². The maximum Gasteiger partial charge on any atom is 0.263 e. The average molecular weight is 587 g/mol. The highest BCUT2D eigenvalue weighted by Gasteiger charge is 2.27. The second-order valence-electron chi connectivity index (χ2n) is 8.94. The van der Waals surface area contributed by atoms with E-state index in [4.69, 9.17) is 16.4 Å². The zero-order valence-electron chi connectivity index (χ0n) is 21.0. The zero-order chi connectivity index (χ0) is 27.7. The van der Waals surface area contributed by atoms with Crippen LogP contribution in [0.1, 0.15) is 16.7 Å². The molecule has 11 nitrogen and oxygen atoms in total. The normalized spacial score (nSPS) is 15.4. The van der Waals surface area contributed by atoms with Crippen molar-refractivity contribution in [2.24, 2.45) is 9.98 Å². The van der Waals surface area contributed by atoms with Crippen LogP contribution in [0.2, 0.25) is 5.02 Å². The topological polar surface area (TPSA) is 142 Å². The summed E-state index contributed by atoms with van der Waals surface area (Å²) in [5, 5.41) is 6.34. The highest BCUT2D eigenvalue weighted by molar-refractivity contribution is 7.92. The van der Waals surface area contributed by atoms with Crippen molar-refractivity contribution in [2.45, 2.75) is 19.8 Å². The first-order chi connectivity index (χ1) is 17.8. The minimum absolute atomic E-state index is 0.00903. The summed E-state index contributed by atoms with van der Waals surface area (Å²) >= 11 is 6.63. The molecule has 0 amide bonds. The molecule has 206 valence electrons. The summed E-state index contributed by atoms with van der Waals surface area (Å²) in [7, 11) is -7.98. The number of benzene rings is 2. The van der Waals surface area contributed by atoms with E-state index in [0.717, 1.165) is 36.5 Å². The van der Waals surface area contributed by atoms with E-state index in [0.29, 0.717) is 41.9 Å². The summed E-state index contributed by atoms with van der Waals surface area (Å²) in [6.45, 7) is 4.35. The van der Waals surface area contributed by atoms with Crippen molar-refractivity contribution in [1.29, 1.82) is 0 Å². The molecule has 2 aromatic rings. The van der Waals surface area contributed by atoms with Crippen LogP contribution in [0, 0.1) is 12.7 Å². The van der Waals surface area contributed by atoms with Crippen LogP contribution in [0.15, 0.2) is 34.3 Å². The molecule has 0 spiro atoms. The van der Waals surface area contributed by atoms with Crippen molar-refractivity contribution in [3.05, 3.63) is 51.8 Å². The van der Waals surface area contributed by atoms with E-state index < -0.39 is 25.9 Å². The number of anilines is 2. The van der Waals surface area contributed by atoms with Crippen LogP contribution in [0.5, 0.6) is 5.75 Å². The van der Waals surface area contributed by atoms with E-state index in [1.54, 1.807) is 13.0 Å². The summed E-state index contributed by atoms with van der Waals surface area (Å²) in [6, 6.07) is 5.39. The molecule has 0 aromatic heterocycles. The van der Waals surface area contributed by atoms with Crippen LogP contribution < -0.4 is 24.7 Å². The van der Waals surface area contributed by atoms with E-state index in [1.165, 1.54) is 12.1 Å². The number of nitrogens with one attached hydrogen (secondary N) is 3. The summed E-state index contributed by atoms with van der Waals surface area (Å²) in [5.41, 5.74) is 1.32. The molecule has 2 heterocycles. The maximum atomic E-state index is 14.9. The summed E-state index contributed by atoms with van der Waals surface area (Å²) in [6.07, 6.45) is 2.37. The lowest BCUT2D eigenvalue weighted by molar-refractivity contribution is 0.339. The summed E-state index contributed by atoms with van der Waals surface area (Å²) < 4.78 is 67.4. The quantitative estimate of drug-likeness (QED) is 0.362. The Kier molecular flexibility index (Phi) is 8.04. The Hall–Kier alpha value is -3.10. The molecule has 4 rings (SSSR count). The molecule has 0 atom stereocenters. The first-order valence-electron chi connectivity index (χ1n) is 11.6. The molecule has 2 aromatic carbocycles. The van der Waals surface area contributed by atoms with Crippen LogP contribution in [-0.4, -0.2) is 67.2 Å². The molecule has 0 saturated carbocycles. The Morgan fingerprint density at radius 1 is 1.03 bits per heavy atom. The first kappa shape index (κ1) is 27.9. The second kappa shape index (κ2) is 10.9. The van der Waals surface area contributed by atoms with E-state index in [9.17, 15) is 21.2 Å². The Morgan fingerprint density at radius 2 is 1.63 bits per heavy atom. The highest BCUT2D eigenvalue weighted by atomic mass is 35.5. The van der Waals surface area contributed by atoms with Gasteiger partial charge in [-0.2, -0.15) is 0 Å². The zero-order valence-corrected chi connectivity index (χ0v) is 23.4. The Bertz CT molecular complexity index is 1530. The van der Waals surface area contributed by atoms with Gasteiger partial charge < -0.3 is 15.5 Å². The van der Waals surface area contributed by atoms with Gasteiger partial charge >= 0.3 is 0 Å². The number of sulfonamides is 2. The number of aliphatic imine (C=N–C) groups is 2. The van der Waals surface area contributed by atoms with Crippen molar-refractivity contribution < 1.29 is 26.1 Å². The third-order valence-electron chi connectivity index (χ3n) is 5.80. The van der Waals surface area contributed by atoms with Gasteiger partial charge in [-0.1, -0.05) is 22.1 Å². The second-order valence-corrected chi connectivity index (χ2v) is 12.9. The van der Waals surface area contributed by atoms with E-state index in [-0.39, 0.29) is 34.1 Å². The maximum absolute atomic E-state index is 14.9. The van der Waals surface area contributed by atoms with Gasteiger partial charge in [0.1, 0.15) is 23.2 Å². The van der Waals surface area contributed by atoms with Crippen molar-refractivity contribution in [3.8, 4) is 5.75 Å². The SMILES string of the molecule is Cc1c(CC2=NCCN2)ccc(N(Oc2cc(CC3=NCCN3)c(F)cc2NS(C)(=O)=O)S(C)(=O)=O)c1Cl. The van der Waals surface area contributed by atoms with E-state index in [2.05, 4.69) is 25.3 Å². The largest absolute Gasteiger partial charge is 0.372 e. The minimum atomic E-state index is -4.11. The van der Waals surface area contributed by atoms with Crippen molar-refractivity contribution in [2.75, 3.05) is 47.9 Å². The van der Waals surface area contributed by atoms with Gasteiger partial charge in [-0.3, -0.25) is 14.7 Å². The molecule has 0 radical (unpaired) electrons. The van der Waals surface area contributed by atoms with Crippen LogP contribution in [0.3, 0.4) is 0 Å². The molecule has 0 fully saturated rings. The first-order valence-corrected chi connectivity index (χ1v) is 15.7. The molecule has 38 heavy (non-hydrogen) atoms. The van der Waals surface area contributed by atoms with Crippen LogP contribution in [0.4, 0.5) is 15.8 Å². The lowest BCUT2D eigenvalue weighted by Gasteiger charge is -2.26. The smallest absolute Gasteiger partial charge is 0.263 e. The lowest BCUT2D eigenvalue weighted by Crippen LogP contribution is -2.34. The van der Waals surface area contributed by atoms with Gasteiger partial charge in [0.25, 0.3) is 10.0 Å². The number of hydrogen-bond acceptors (Lipinski definition) is 9. The fraction of sp³-hybridized carbons (Fsp3) is 0.391. The van der Waals surface area contributed by atoms with Gasteiger partial charge in [-0.05, 0) is 35.7 Å². The number of halogens is 2. The number of amidine groups is 2. The monoisotopic (exact) mass is 586 g/mol. The molecule has 0 bridgehead atoms. The molecular formula is C23H28ClFN6O5S2. The predicted octanol–water partition coefficient (Wildman–Crippen LogP) is 2.01. The third kappa shape index (κ3) is 6.66. The number of hydrogen-bond donors (Lipinski definition) is 3. The van der Waals surface area contributed by atoms with Gasteiger partial charge in [0.15, 0.2) is 5.75 Å². The van der Waals surface area contributed by atoms with Crippen LogP contribution >= 0.6 is 11.6 Å². The molecule has 0 saturated heterocycles. The van der Waals surface area contributed by atoms with E-state index >= 15 is 0 Å². The highest BCUT2D eigenvalue weighted by Crippen LogP contribution is 2.36. The Morgan fingerprint density at radius 3 is 2.16 bits per heavy atom. The summed E-state index contributed by atoms with van der Waals surface area (Å²) in [4.78, 5) is 14.4. The standard InChI is InChI=1S/C23H28ClFN6O5S2/c1-14-15(11-21-26-6-7-27-21)4-5-19(23(14)24)31(38(3,34)35)36-20-10-16(12-22-28-8-9-29-22)17(25)13-18(20)30-37(2,32)33/h4-5,10,13,30H,6-9,11-12H2,1-3H3,(H,26,27)(H,28,29). The molecular weight excluding hydrogens is 559 g/mol. The number of rotatable bonds is 10. The Labute approximate surface area is 226 Å². The van der Waals surface area contributed by atoms with Crippen molar-refractivity contribution in [1.82, 2.24) is 10.6 Å². The lowest BCUT2D eigenvalue weighted by atomic mass is 10.0. The van der Waals surface area contributed by atoms with Gasteiger partial charge in [0, 0.05) is 32.0 Å². The average Bonchev–Trinajstić information content (AvgIpc) is 3.51. The number of nitrogens with zero attached hydrogens (tertiary/aromatic N) is 3. The summed E-state index contributed by atoms with van der Waals surface area (Å²) in [5.74, 6) is 0.407. The van der Waals surface area contributed by atoms with E-state index in [1.807, 2.05) is 0 Å². The van der Waals surface area contributed by atoms with Crippen LogP contribution in [0.25, 0.3) is 0 Å². The molecule has 2 aliphatic rings. The molecule has 15 heteroatoms. The fourth-order valence-electron chi connectivity index (χ4n) is 4.01. The minimum Gasteiger partial charge on any atom is -0.372 e. The molecule has 2 aliphatic heterocycles. The van der Waals surface area contributed by atoms with Gasteiger partial charge in [-0.25, -0.2) is 21.2 Å². The molecule has 3 N–H and O–H groups in total. The van der Waals surface area contributed by atoms with Crippen molar-refractivity contribution >= 4 is 54.7 Å². The molecule has 0 unspecified atom stereocenters.